The van der Waals surface area contributed by atoms with E-state index in [2.05, 4.69) is 5.32 Å². The fourth-order valence-electron chi connectivity index (χ4n) is 4.28. The molecule has 148 valence electrons. The van der Waals surface area contributed by atoms with E-state index in [4.69, 9.17) is 20.1 Å². The van der Waals surface area contributed by atoms with Crippen molar-refractivity contribution in [2.24, 2.45) is 0 Å². The van der Waals surface area contributed by atoms with Crippen LogP contribution in [0.4, 0.5) is 5.82 Å². The molecule has 3 aromatic heterocycles. The van der Waals surface area contributed by atoms with Crippen LogP contribution < -0.4 is 11.1 Å². The van der Waals surface area contributed by atoms with Gasteiger partial charge in [0.25, 0.3) is 5.91 Å². The van der Waals surface area contributed by atoms with E-state index in [1.54, 1.807) is 12.3 Å². The zero-order valence-corrected chi connectivity index (χ0v) is 16.1. The zero-order valence-electron chi connectivity index (χ0n) is 16.1. The Morgan fingerprint density at radius 2 is 1.86 bits per heavy atom. The van der Waals surface area contributed by atoms with Gasteiger partial charge in [-0.1, -0.05) is 31.4 Å². The van der Waals surface area contributed by atoms with Crippen LogP contribution in [0.2, 0.25) is 0 Å². The Kier molecular flexibility index (Phi) is 4.42. The van der Waals surface area contributed by atoms with Gasteiger partial charge < -0.3 is 20.0 Å². The van der Waals surface area contributed by atoms with Crippen LogP contribution in [-0.4, -0.2) is 20.4 Å². The van der Waals surface area contributed by atoms with Gasteiger partial charge in [0.05, 0.1) is 23.8 Å². The molecule has 7 nitrogen and oxygen atoms in total. The van der Waals surface area contributed by atoms with Crippen molar-refractivity contribution in [1.82, 2.24) is 19.9 Å². The SMILES string of the molecule is Nc1c(C(=O)NCc2ccco2)c2nc3ccccc3nc2n1C1CCCCC1. The number of aromatic nitrogens is 3. The topological polar surface area (TPSA) is 99.0 Å². The van der Waals surface area contributed by atoms with Crippen LogP contribution >= 0.6 is 0 Å². The molecule has 0 radical (unpaired) electrons. The molecule has 3 heterocycles. The van der Waals surface area contributed by atoms with Crippen LogP contribution in [0, 0.1) is 0 Å². The molecule has 0 spiro atoms. The number of nitrogens with zero attached hydrogens (tertiary/aromatic N) is 3. The Morgan fingerprint density at radius 3 is 2.59 bits per heavy atom. The molecule has 1 aliphatic rings. The smallest absolute Gasteiger partial charge is 0.257 e. The number of anilines is 1. The lowest BCUT2D eigenvalue weighted by molar-refractivity contribution is 0.0950. The molecule has 0 atom stereocenters. The number of nitrogens with one attached hydrogen (secondary N) is 1. The van der Waals surface area contributed by atoms with Gasteiger partial charge in [0, 0.05) is 6.04 Å². The van der Waals surface area contributed by atoms with Gasteiger partial charge in [-0.3, -0.25) is 4.79 Å². The monoisotopic (exact) mass is 389 g/mol. The van der Waals surface area contributed by atoms with E-state index in [-0.39, 0.29) is 11.9 Å². The normalized spacial score (nSPS) is 15.2. The van der Waals surface area contributed by atoms with E-state index >= 15 is 0 Å². The Hall–Kier alpha value is -3.35. The number of hydrogen-bond acceptors (Lipinski definition) is 5. The number of amides is 1. The number of carbonyl (C=O) groups excluding carboxylic acids is 1. The maximum atomic E-state index is 13.1. The molecule has 1 saturated carbocycles. The van der Waals surface area contributed by atoms with Crippen molar-refractivity contribution in [3.05, 3.63) is 54.0 Å². The molecular formula is C22H23N5O2. The van der Waals surface area contributed by atoms with Crippen LogP contribution in [0.1, 0.15) is 54.3 Å². The van der Waals surface area contributed by atoms with Crippen LogP contribution in [-0.2, 0) is 6.54 Å². The summed E-state index contributed by atoms with van der Waals surface area (Å²) in [6.45, 7) is 0.294. The van der Waals surface area contributed by atoms with Crippen molar-refractivity contribution in [3.63, 3.8) is 0 Å². The Morgan fingerprint density at radius 1 is 1.10 bits per heavy atom. The van der Waals surface area contributed by atoms with Crippen molar-refractivity contribution in [2.45, 2.75) is 44.7 Å². The number of carbonyl (C=O) groups is 1. The first kappa shape index (κ1) is 17.7. The van der Waals surface area contributed by atoms with Crippen molar-refractivity contribution in [3.8, 4) is 0 Å². The number of furan rings is 1. The van der Waals surface area contributed by atoms with Crippen molar-refractivity contribution in [1.29, 1.82) is 0 Å². The van der Waals surface area contributed by atoms with E-state index in [1.165, 1.54) is 6.42 Å². The summed E-state index contributed by atoms with van der Waals surface area (Å²) in [5.41, 5.74) is 9.76. The summed E-state index contributed by atoms with van der Waals surface area (Å²) in [6.07, 6.45) is 7.21. The third-order valence-electron chi connectivity index (χ3n) is 5.70. The fraction of sp³-hybridized carbons (Fsp3) is 0.318. The molecule has 5 rings (SSSR count). The van der Waals surface area contributed by atoms with Crippen molar-refractivity contribution >= 4 is 33.9 Å². The zero-order chi connectivity index (χ0) is 19.8. The number of nitrogens with two attached hydrogens (primary N) is 1. The molecule has 1 aromatic carbocycles. The third kappa shape index (κ3) is 3.12. The summed E-state index contributed by atoms with van der Waals surface area (Å²) in [4.78, 5) is 22.7. The molecule has 1 amide bonds. The summed E-state index contributed by atoms with van der Waals surface area (Å²) in [5, 5.41) is 2.90. The second-order valence-corrected chi connectivity index (χ2v) is 7.57. The third-order valence-corrected chi connectivity index (χ3v) is 5.70. The molecule has 0 saturated heterocycles. The standard InChI is InChI=1S/C22H23N5O2/c23-20-18(22(28)24-13-15-9-6-12-29-15)19-21(27(20)14-7-2-1-3-8-14)26-17-11-5-4-10-16(17)25-19/h4-6,9-12,14H,1-3,7-8,13,23H2,(H,24,28). The highest BCUT2D eigenvalue weighted by Gasteiger charge is 2.28. The van der Waals surface area contributed by atoms with E-state index < -0.39 is 0 Å². The fourth-order valence-corrected chi connectivity index (χ4v) is 4.28. The van der Waals surface area contributed by atoms with Gasteiger partial charge in [0.1, 0.15) is 22.7 Å². The molecule has 1 aliphatic carbocycles. The number of nitrogen functional groups attached to an aromatic ring is 1. The molecule has 3 N–H and O–H groups in total. The van der Waals surface area contributed by atoms with Gasteiger partial charge in [0.2, 0.25) is 0 Å². The minimum Gasteiger partial charge on any atom is -0.467 e. The molecule has 0 aliphatic heterocycles. The molecule has 29 heavy (non-hydrogen) atoms. The van der Waals surface area contributed by atoms with Crippen LogP contribution in [0.15, 0.2) is 47.1 Å². The van der Waals surface area contributed by atoms with Gasteiger partial charge in [-0.25, -0.2) is 9.97 Å². The molecule has 0 bridgehead atoms. The lowest BCUT2D eigenvalue weighted by atomic mass is 9.95. The first-order valence-electron chi connectivity index (χ1n) is 10.1. The van der Waals surface area contributed by atoms with Crippen LogP contribution in [0.5, 0.6) is 0 Å². The Balaban J connectivity index is 1.64. The second kappa shape index (κ2) is 7.24. The molecule has 4 aromatic rings. The second-order valence-electron chi connectivity index (χ2n) is 7.57. The molecular weight excluding hydrogens is 366 g/mol. The largest absolute Gasteiger partial charge is 0.467 e. The van der Waals surface area contributed by atoms with Crippen molar-refractivity contribution < 1.29 is 9.21 Å². The molecule has 0 unspecified atom stereocenters. The van der Waals surface area contributed by atoms with Gasteiger partial charge in [-0.2, -0.15) is 0 Å². The molecule has 1 fully saturated rings. The first-order chi connectivity index (χ1) is 14.2. The van der Waals surface area contributed by atoms with E-state index in [0.717, 1.165) is 36.7 Å². The van der Waals surface area contributed by atoms with Gasteiger partial charge in [-0.15, -0.1) is 0 Å². The average Bonchev–Trinajstić information content (AvgIpc) is 3.36. The predicted molar refractivity (Wildman–Crippen MR) is 111 cm³/mol. The lowest BCUT2D eigenvalue weighted by Crippen LogP contribution is -2.24. The summed E-state index contributed by atoms with van der Waals surface area (Å²) in [5.74, 6) is 0.867. The maximum absolute atomic E-state index is 13.1. The Labute approximate surface area is 167 Å². The summed E-state index contributed by atoms with van der Waals surface area (Å²) >= 11 is 0. The highest BCUT2D eigenvalue weighted by Crippen LogP contribution is 2.37. The van der Waals surface area contributed by atoms with Crippen molar-refractivity contribution in [2.75, 3.05) is 5.73 Å². The van der Waals surface area contributed by atoms with E-state index in [9.17, 15) is 4.79 Å². The minimum absolute atomic E-state index is 0.244. The number of rotatable bonds is 4. The summed E-state index contributed by atoms with van der Waals surface area (Å²) in [6, 6.07) is 11.6. The number of fused-ring (bicyclic) bond motifs is 2. The minimum atomic E-state index is -0.261. The highest BCUT2D eigenvalue weighted by atomic mass is 16.3. The summed E-state index contributed by atoms with van der Waals surface area (Å²) in [7, 11) is 0. The first-order valence-corrected chi connectivity index (χ1v) is 10.1. The van der Waals surface area contributed by atoms with Gasteiger partial charge in [-0.05, 0) is 37.1 Å². The average molecular weight is 389 g/mol. The van der Waals surface area contributed by atoms with Gasteiger partial charge >= 0.3 is 0 Å². The van der Waals surface area contributed by atoms with Gasteiger partial charge in [0.15, 0.2) is 5.65 Å². The quantitative estimate of drug-likeness (QED) is 0.545. The van der Waals surface area contributed by atoms with E-state index in [0.29, 0.717) is 34.9 Å². The Bertz CT molecular complexity index is 1170. The lowest BCUT2D eigenvalue weighted by Gasteiger charge is -2.25. The number of para-hydroxylation sites is 2. The highest BCUT2D eigenvalue weighted by molar-refractivity contribution is 6.10. The summed E-state index contributed by atoms with van der Waals surface area (Å²) < 4.78 is 7.35. The number of benzene rings is 1. The van der Waals surface area contributed by atoms with Crippen LogP contribution in [0.3, 0.4) is 0 Å². The predicted octanol–water partition coefficient (Wildman–Crippen LogP) is 4.19. The van der Waals surface area contributed by atoms with Crippen LogP contribution in [0.25, 0.3) is 22.2 Å². The number of hydrogen-bond donors (Lipinski definition) is 2. The maximum Gasteiger partial charge on any atom is 0.257 e. The molecule has 7 heteroatoms. The van der Waals surface area contributed by atoms with E-state index in [1.807, 2.05) is 34.9 Å².